The van der Waals surface area contributed by atoms with E-state index in [9.17, 15) is 0 Å². The van der Waals surface area contributed by atoms with Gasteiger partial charge >= 0.3 is 0 Å². The highest BCUT2D eigenvalue weighted by Crippen LogP contribution is 2.11. The summed E-state index contributed by atoms with van der Waals surface area (Å²) < 4.78 is 5.72. The summed E-state index contributed by atoms with van der Waals surface area (Å²) >= 11 is 0. The van der Waals surface area contributed by atoms with Crippen molar-refractivity contribution in [3.63, 3.8) is 0 Å². The molecular formula is C17H30N2O. The van der Waals surface area contributed by atoms with Crippen molar-refractivity contribution in [1.82, 2.24) is 10.3 Å². The van der Waals surface area contributed by atoms with E-state index in [1.165, 1.54) is 37.7 Å². The molecule has 0 aliphatic heterocycles. The molecule has 0 atom stereocenters. The number of nitrogens with one attached hydrogen (secondary N) is 1. The van der Waals surface area contributed by atoms with Gasteiger partial charge in [0.15, 0.2) is 0 Å². The molecule has 20 heavy (non-hydrogen) atoms. The fraction of sp³-hybridized carbons (Fsp3) is 0.706. The molecule has 3 nitrogen and oxygen atoms in total. The van der Waals surface area contributed by atoms with Crippen LogP contribution in [0.2, 0.25) is 0 Å². The Bertz CT molecular complexity index is 353. The van der Waals surface area contributed by atoms with Gasteiger partial charge < -0.3 is 10.1 Å². The molecule has 0 radical (unpaired) electrons. The molecule has 1 rings (SSSR count). The van der Waals surface area contributed by atoms with Crippen LogP contribution in [0.1, 0.15) is 64.9 Å². The molecule has 0 amide bonds. The van der Waals surface area contributed by atoms with Crippen LogP contribution < -0.4 is 10.1 Å². The second kappa shape index (κ2) is 10.7. The molecule has 0 unspecified atom stereocenters. The van der Waals surface area contributed by atoms with Gasteiger partial charge in [-0.2, -0.15) is 0 Å². The van der Waals surface area contributed by atoms with Crippen LogP contribution >= 0.6 is 0 Å². The van der Waals surface area contributed by atoms with Crippen LogP contribution in [0.4, 0.5) is 0 Å². The fourth-order valence-electron chi connectivity index (χ4n) is 2.02. The highest BCUT2D eigenvalue weighted by atomic mass is 16.5. The van der Waals surface area contributed by atoms with E-state index in [2.05, 4.69) is 31.1 Å². The molecule has 0 bridgehead atoms. The van der Waals surface area contributed by atoms with Crippen molar-refractivity contribution in [3.8, 4) is 5.88 Å². The number of ether oxygens (including phenoxy) is 1. The van der Waals surface area contributed by atoms with E-state index < -0.39 is 0 Å². The molecule has 1 N–H and O–H groups in total. The van der Waals surface area contributed by atoms with E-state index in [1.807, 2.05) is 18.3 Å². The molecular weight excluding hydrogens is 248 g/mol. The van der Waals surface area contributed by atoms with E-state index in [4.69, 9.17) is 4.74 Å². The van der Waals surface area contributed by atoms with Crippen molar-refractivity contribution in [2.45, 2.75) is 71.9 Å². The minimum absolute atomic E-state index is 0.496. The normalized spacial score (nSPS) is 11.0. The lowest BCUT2D eigenvalue weighted by Gasteiger charge is -2.09. The Labute approximate surface area is 124 Å². The average molecular weight is 278 g/mol. The maximum absolute atomic E-state index is 5.72. The number of hydrogen-bond donors (Lipinski definition) is 1. The first-order valence-electron chi connectivity index (χ1n) is 8.03. The molecule has 1 aromatic rings. The van der Waals surface area contributed by atoms with Crippen LogP contribution in [0.25, 0.3) is 0 Å². The summed E-state index contributed by atoms with van der Waals surface area (Å²) in [7, 11) is 0. The second-order valence-electron chi connectivity index (χ2n) is 5.65. The zero-order valence-electron chi connectivity index (χ0n) is 13.3. The molecule has 3 heteroatoms. The molecule has 0 aliphatic rings. The van der Waals surface area contributed by atoms with Crippen LogP contribution in [-0.4, -0.2) is 17.6 Å². The van der Waals surface area contributed by atoms with Crippen molar-refractivity contribution >= 4 is 0 Å². The molecule has 1 heterocycles. The molecule has 0 spiro atoms. The van der Waals surface area contributed by atoms with Gasteiger partial charge in [-0.05, 0) is 18.1 Å². The van der Waals surface area contributed by atoms with Gasteiger partial charge in [0.25, 0.3) is 0 Å². The third-order valence-corrected chi connectivity index (χ3v) is 3.26. The zero-order valence-corrected chi connectivity index (χ0v) is 13.3. The van der Waals surface area contributed by atoms with Gasteiger partial charge in [0.1, 0.15) is 0 Å². The van der Waals surface area contributed by atoms with Crippen LogP contribution in [-0.2, 0) is 6.54 Å². The van der Waals surface area contributed by atoms with Crippen molar-refractivity contribution in [1.29, 1.82) is 0 Å². The smallest absolute Gasteiger partial charge is 0.213 e. The maximum atomic E-state index is 5.72. The van der Waals surface area contributed by atoms with E-state index >= 15 is 0 Å². The number of nitrogens with zero attached hydrogens (tertiary/aromatic N) is 1. The van der Waals surface area contributed by atoms with Gasteiger partial charge in [0.2, 0.25) is 5.88 Å². The number of rotatable bonds is 11. The van der Waals surface area contributed by atoms with Gasteiger partial charge in [-0.3, -0.25) is 0 Å². The molecule has 0 saturated carbocycles. The number of pyridine rings is 1. The lowest BCUT2D eigenvalue weighted by atomic mass is 10.1. The summed E-state index contributed by atoms with van der Waals surface area (Å²) in [4.78, 5) is 4.26. The van der Waals surface area contributed by atoms with Crippen molar-refractivity contribution in [2.75, 3.05) is 6.61 Å². The minimum Gasteiger partial charge on any atom is -0.478 e. The highest BCUT2D eigenvalue weighted by molar-refractivity contribution is 5.20. The summed E-state index contributed by atoms with van der Waals surface area (Å²) in [5.41, 5.74) is 1.23. The molecule has 0 aliphatic carbocycles. The topological polar surface area (TPSA) is 34.1 Å². The van der Waals surface area contributed by atoms with Crippen molar-refractivity contribution in [3.05, 3.63) is 23.9 Å². The quantitative estimate of drug-likeness (QED) is 0.612. The Morgan fingerprint density at radius 3 is 2.65 bits per heavy atom. The van der Waals surface area contributed by atoms with Gasteiger partial charge in [0.05, 0.1) is 6.61 Å². The second-order valence-corrected chi connectivity index (χ2v) is 5.65. The summed E-state index contributed by atoms with van der Waals surface area (Å²) in [6.07, 6.45) is 9.54. The summed E-state index contributed by atoms with van der Waals surface area (Å²) in [5.74, 6) is 0.751. The van der Waals surface area contributed by atoms with Gasteiger partial charge in [-0.1, -0.05) is 52.9 Å². The van der Waals surface area contributed by atoms with E-state index in [1.54, 1.807) is 0 Å². The lowest BCUT2D eigenvalue weighted by Crippen LogP contribution is -2.21. The predicted octanol–water partition coefficient (Wildman–Crippen LogP) is 4.32. The monoisotopic (exact) mass is 278 g/mol. The standard InChI is InChI=1S/C17H30N2O/c1-4-5-6-7-8-9-12-20-17-13-16(10-11-18-17)14-19-15(2)3/h10-11,13,15,19H,4-9,12,14H2,1-3H3. The van der Waals surface area contributed by atoms with Crippen LogP contribution in [0.15, 0.2) is 18.3 Å². The fourth-order valence-corrected chi connectivity index (χ4v) is 2.02. The molecule has 0 fully saturated rings. The molecule has 1 aromatic heterocycles. The first-order chi connectivity index (χ1) is 9.72. The Kier molecular flexibility index (Phi) is 9.05. The Morgan fingerprint density at radius 1 is 1.15 bits per heavy atom. The van der Waals surface area contributed by atoms with Gasteiger partial charge in [-0.15, -0.1) is 0 Å². The Balaban J connectivity index is 2.18. The highest BCUT2D eigenvalue weighted by Gasteiger charge is 2.00. The number of unbranched alkanes of at least 4 members (excludes halogenated alkanes) is 5. The van der Waals surface area contributed by atoms with E-state index in [0.717, 1.165) is 25.5 Å². The Hall–Kier alpha value is -1.09. The van der Waals surface area contributed by atoms with Crippen LogP contribution in [0, 0.1) is 0 Å². The Morgan fingerprint density at radius 2 is 1.90 bits per heavy atom. The largest absolute Gasteiger partial charge is 0.478 e. The lowest BCUT2D eigenvalue weighted by molar-refractivity contribution is 0.293. The maximum Gasteiger partial charge on any atom is 0.213 e. The first-order valence-corrected chi connectivity index (χ1v) is 8.03. The van der Waals surface area contributed by atoms with E-state index in [-0.39, 0.29) is 0 Å². The van der Waals surface area contributed by atoms with Crippen molar-refractivity contribution in [2.24, 2.45) is 0 Å². The zero-order chi connectivity index (χ0) is 14.6. The summed E-state index contributed by atoms with van der Waals surface area (Å²) in [5, 5.41) is 3.40. The summed E-state index contributed by atoms with van der Waals surface area (Å²) in [6.45, 7) is 8.19. The van der Waals surface area contributed by atoms with Gasteiger partial charge in [0, 0.05) is 24.8 Å². The SMILES string of the molecule is CCCCCCCCOc1cc(CNC(C)C)ccn1. The van der Waals surface area contributed by atoms with Crippen LogP contribution in [0.3, 0.4) is 0 Å². The summed E-state index contributed by atoms with van der Waals surface area (Å²) in [6, 6.07) is 4.56. The first kappa shape index (κ1) is 17.0. The minimum atomic E-state index is 0.496. The van der Waals surface area contributed by atoms with Gasteiger partial charge in [-0.25, -0.2) is 4.98 Å². The van der Waals surface area contributed by atoms with Crippen molar-refractivity contribution < 1.29 is 4.74 Å². The van der Waals surface area contributed by atoms with Crippen LogP contribution in [0.5, 0.6) is 5.88 Å². The molecule has 0 aromatic carbocycles. The van der Waals surface area contributed by atoms with E-state index in [0.29, 0.717) is 6.04 Å². The number of hydrogen-bond acceptors (Lipinski definition) is 3. The third-order valence-electron chi connectivity index (χ3n) is 3.26. The predicted molar refractivity (Wildman–Crippen MR) is 85.1 cm³/mol. The number of aromatic nitrogens is 1. The average Bonchev–Trinajstić information content (AvgIpc) is 2.45. The third kappa shape index (κ3) is 8.16. The molecule has 0 saturated heterocycles. The molecule has 114 valence electrons.